The highest BCUT2D eigenvalue weighted by Crippen LogP contribution is 2.38. The van der Waals surface area contributed by atoms with Gasteiger partial charge in [-0.15, -0.1) is 0 Å². The first kappa shape index (κ1) is 22.6. The fourth-order valence-corrected chi connectivity index (χ4v) is 3.72. The predicted molar refractivity (Wildman–Crippen MR) is 122 cm³/mol. The molecule has 0 saturated heterocycles. The Morgan fingerprint density at radius 3 is 2.07 bits per heavy atom. The normalized spacial score (nSPS) is 10.7. The number of ether oxygens (including phenoxy) is 3. The summed E-state index contributed by atoms with van der Waals surface area (Å²) in [5, 5.41) is 4.93. The third-order valence-corrected chi connectivity index (χ3v) is 5.52. The van der Waals surface area contributed by atoms with Gasteiger partial charge >= 0.3 is 0 Å². The molecule has 0 fully saturated rings. The van der Waals surface area contributed by atoms with Crippen molar-refractivity contribution in [3.8, 4) is 17.2 Å². The average molecular weight is 467 g/mol. The highest BCUT2D eigenvalue weighted by Gasteiger charge is 2.14. The van der Waals surface area contributed by atoms with E-state index in [1.54, 1.807) is 32.4 Å². The van der Waals surface area contributed by atoms with E-state index in [1.807, 2.05) is 36.4 Å². The van der Waals surface area contributed by atoms with Gasteiger partial charge in [-0.25, -0.2) is 0 Å². The van der Waals surface area contributed by atoms with Crippen molar-refractivity contribution in [3.05, 3.63) is 86.4 Å². The van der Waals surface area contributed by atoms with Gasteiger partial charge in [0.1, 0.15) is 12.4 Å². The monoisotopic (exact) mass is 465 g/mol. The van der Waals surface area contributed by atoms with Crippen LogP contribution in [-0.2, 0) is 19.7 Å². The molecule has 0 aliphatic carbocycles. The first-order valence-corrected chi connectivity index (χ1v) is 10.4. The Morgan fingerprint density at radius 2 is 1.43 bits per heavy atom. The lowest BCUT2D eigenvalue weighted by Gasteiger charge is -2.16. The Morgan fingerprint density at radius 1 is 0.767 bits per heavy atom. The van der Waals surface area contributed by atoms with Gasteiger partial charge in [-0.1, -0.05) is 53.0 Å². The van der Waals surface area contributed by atoms with E-state index in [4.69, 9.17) is 49.0 Å². The molecule has 3 aromatic rings. The molecule has 158 valence electrons. The van der Waals surface area contributed by atoms with E-state index in [1.165, 1.54) is 0 Å². The molecule has 0 aromatic heterocycles. The first-order chi connectivity index (χ1) is 14.5. The molecule has 4 nitrogen and oxygen atoms in total. The summed E-state index contributed by atoms with van der Waals surface area (Å²) in [6.45, 7) is 1.52. The summed E-state index contributed by atoms with van der Waals surface area (Å²) in [5.74, 6) is 1.84. The number of methoxy groups -OCH3 is 2. The number of rotatable bonds is 9. The predicted octanol–water partition coefficient (Wildman–Crippen LogP) is 6.53. The van der Waals surface area contributed by atoms with Gasteiger partial charge in [-0.3, -0.25) is 0 Å². The van der Waals surface area contributed by atoms with Crippen LogP contribution in [0.15, 0.2) is 54.6 Å². The maximum absolute atomic E-state index is 6.48. The van der Waals surface area contributed by atoms with Gasteiger partial charge in [0.25, 0.3) is 0 Å². The molecule has 0 unspecified atom stereocenters. The molecule has 3 rings (SSSR count). The van der Waals surface area contributed by atoms with Gasteiger partial charge in [0.15, 0.2) is 11.5 Å². The van der Waals surface area contributed by atoms with E-state index in [2.05, 4.69) is 5.32 Å². The quantitative estimate of drug-likeness (QED) is 0.389. The largest absolute Gasteiger partial charge is 0.497 e. The minimum atomic E-state index is 0.184. The first-order valence-electron chi connectivity index (χ1n) is 9.27. The van der Waals surface area contributed by atoms with Crippen LogP contribution in [0, 0.1) is 0 Å². The van der Waals surface area contributed by atoms with Gasteiger partial charge in [0, 0.05) is 28.7 Å². The summed E-state index contributed by atoms with van der Waals surface area (Å²) in [6.07, 6.45) is 0. The second-order valence-electron chi connectivity index (χ2n) is 6.55. The third-order valence-electron chi connectivity index (χ3n) is 4.53. The highest BCUT2D eigenvalue weighted by atomic mass is 35.5. The molecule has 0 aliphatic heterocycles. The minimum Gasteiger partial charge on any atom is -0.497 e. The molecule has 1 N–H and O–H groups in total. The summed E-state index contributed by atoms with van der Waals surface area (Å²) in [7, 11) is 3.23. The van der Waals surface area contributed by atoms with Crippen LogP contribution in [0.4, 0.5) is 0 Å². The molecular weight excluding hydrogens is 445 g/mol. The summed E-state index contributed by atoms with van der Waals surface area (Å²) >= 11 is 18.9. The second kappa shape index (κ2) is 10.8. The smallest absolute Gasteiger partial charge is 0.180 e. The molecule has 0 amide bonds. The zero-order valence-electron chi connectivity index (χ0n) is 16.7. The van der Waals surface area contributed by atoms with Crippen molar-refractivity contribution in [1.29, 1.82) is 0 Å². The van der Waals surface area contributed by atoms with E-state index < -0.39 is 0 Å². The summed E-state index contributed by atoms with van der Waals surface area (Å²) in [5.41, 5.74) is 2.84. The van der Waals surface area contributed by atoms with Crippen LogP contribution in [-0.4, -0.2) is 14.2 Å². The van der Waals surface area contributed by atoms with Crippen molar-refractivity contribution in [3.63, 3.8) is 0 Å². The fraction of sp³-hybridized carbons (Fsp3) is 0.217. The third kappa shape index (κ3) is 5.73. The molecule has 7 heteroatoms. The van der Waals surface area contributed by atoms with Crippen LogP contribution in [0.25, 0.3) is 0 Å². The highest BCUT2D eigenvalue weighted by molar-refractivity contribution is 6.36. The molecular formula is C23H22Cl3NO3. The number of benzene rings is 3. The molecule has 0 saturated carbocycles. The Labute approximate surface area is 191 Å². The maximum atomic E-state index is 6.48. The van der Waals surface area contributed by atoms with Crippen LogP contribution < -0.4 is 19.5 Å². The van der Waals surface area contributed by atoms with E-state index in [-0.39, 0.29) is 6.61 Å². The minimum absolute atomic E-state index is 0.184. The maximum Gasteiger partial charge on any atom is 0.180 e. The van der Waals surface area contributed by atoms with Crippen molar-refractivity contribution in [2.45, 2.75) is 19.7 Å². The molecule has 0 heterocycles. The topological polar surface area (TPSA) is 39.7 Å². The molecule has 0 atom stereocenters. The molecule has 30 heavy (non-hydrogen) atoms. The van der Waals surface area contributed by atoms with Crippen LogP contribution in [0.5, 0.6) is 17.2 Å². The standard InChI is InChI=1S/C23H22Cl3NO3/c1-28-17-8-6-15(7-9-17)12-27-13-16-10-21(26)23(22(11-16)29-2)30-14-18-19(24)4-3-5-20(18)25/h3-11,27H,12-14H2,1-2H3. The zero-order chi connectivity index (χ0) is 21.5. The SMILES string of the molecule is COc1ccc(CNCc2cc(Cl)c(OCc3c(Cl)cccc3Cl)c(OC)c2)cc1. The van der Waals surface area contributed by atoms with E-state index in [0.717, 1.165) is 16.9 Å². The number of hydrogen-bond donors (Lipinski definition) is 1. The van der Waals surface area contributed by atoms with Crippen LogP contribution in [0.1, 0.15) is 16.7 Å². The van der Waals surface area contributed by atoms with Crippen molar-refractivity contribution >= 4 is 34.8 Å². The molecule has 3 aromatic carbocycles. The van der Waals surface area contributed by atoms with Crippen molar-refractivity contribution in [2.24, 2.45) is 0 Å². The summed E-state index contributed by atoms with van der Waals surface area (Å²) in [6, 6.07) is 17.0. The van der Waals surface area contributed by atoms with Crippen molar-refractivity contribution < 1.29 is 14.2 Å². The van der Waals surface area contributed by atoms with Crippen molar-refractivity contribution in [1.82, 2.24) is 5.32 Å². The lowest BCUT2D eigenvalue weighted by molar-refractivity contribution is 0.284. The van der Waals surface area contributed by atoms with Gasteiger partial charge < -0.3 is 19.5 Å². The Kier molecular flexibility index (Phi) is 8.11. The van der Waals surface area contributed by atoms with E-state index >= 15 is 0 Å². The van der Waals surface area contributed by atoms with Gasteiger partial charge in [-0.2, -0.15) is 0 Å². The summed E-state index contributed by atoms with van der Waals surface area (Å²) < 4.78 is 16.6. The zero-order valence-corrected chi connectivity index (χ0v) is 18.9. The Balaban J connectivity index is 1.65. The summed E-state index contributed by atoms with van der Waals surface area (Å²) in [4.78, 5) is 0. The molecule has 0 aliphatic rings. The molecule has 0 spiro atoms. The number of halogens is 3. The van der Waals surface area contributed by atoms with E-state index in [9.17, 15) is 0 Å². The number of hydrogen-bond acceptors (Lipinski definition) is 4. The van der Waals surface area contributed by atoms with Gasteiger partial charge in [0.05, 0.1) is 19.2 Å². The Hall–Kier alpha value is -2.11. The average Bonchev–Trinajstić information content (AvgIpc) is 2.74. The lowest BCUT2D eigenvalue weighted by Crippen LogP contribution is -2.13. The van der Waals surface area contributed by atoms with Crippen LogP contribution >= 0.6 is 34.8 Å². The van der Waals surface area contributed by atoms with Crippen molar-refractivity contribution in [2.75, 3.05) is 14.2 Å². The number of nitrogens with one attached hydrogen (secondary N) is 1. The fourth-order valence-electron chi connectivity index (χ4n) is 2.92. The van der Waals surface area contributed by atoms with Crippen LogP contribution in [0.2, 0.25) is 15.1 Å². The Bertz CT molecular complexity index is 973. The van der Waals surface area contributed by atoms with E-state index in [0.29, 0.717) is 45.2 Å². The van der Waals surface area contributed by atoms with Crippen LogP contribution in [0.3, 0.4) is 0 Å². The molecule has 0 radical (unpaired) electrons. The molecule has 0 bridgehead atoms. The lowest BCUT2D eigenvalue weighted by atomic mass is 10.1. The second-order valence-corrected chi connectivity index (χ2v) is 7.77. The van der Waals surface area contributed by atoms with Gasteiger partial charge in [-0.05, 0) is 47.5 Å². The van der Waals surface area contributed by atoms with Gasteiger partial charge in [0.2, 0.25) is 0 Å².